The molecular formula is C13H17FN2S. The number of rotatable bonds is 2. The van der Waals surface area contributed by atoms with Crippen LogP contribution in [0, 0.1) is 5.82 Å². The summed E-state index contributed by atoms with van der Waals surface area (Å²) in [5, 5.41) is 0. The Kier molecular flexibility index (Phi) is 3.08. The number of nitrogens with two attached hydrogens (primary N) is 1. The van der Waals surface area contributed by atoms with Crippen molar-refractivity contribution in [3.05, 3.63) is 29.6 Å². The molecule has 0 amide bonds. The third-order valence-electron chi connectivity index (χ3n) is 3.43. The maximum atomic E-state index is 13.8. The van der Waals surface area contributed by atoms with Crippen molar-refractivity contribution in [2.75, 3.05) is 11.4 Å². The normalized spacial score (nSPS) is 18.4. The van der Waals surface area contributed by atoms with Gasteiger partial charge in [-0.25, -0.2) is 4.39 Å². The number of nitrogens with zero attached hydrogens (tertiary/aromatic N) is 1. The molecule has 0 unspecified atom stereocenters. The Labute approximate surface area is 107 Å². The highest BCUT2D eigenvalue weighted by Crippen LogP contribution is 2.36. The van der Waals surface area contributed by atoms with Crippen LogP contribution in [0.2, 0.25) is 0 Å². The van der Waals surface area contributed by atoms with Crippen molar-refractivity contribution < 1.29 is 4.39 Å². The Balaban J connectivity index is 2.52. The van der Waals surface area contributed by atoms with Gasteiger partial charge in [0.1, 0.15) is 10.8 Å². The maximum absolute atomic E-state index is 13.8. The zero-order valence-electron chi connectivity index (χ0n) is 10.2. The second kappa shape index (κ2) is 4.26. The topological polar surface area (TPSA) is 29.3 Å². The van der Waals surface area contributed by atoms with E-state index in [1.54, 1.807) is 6.07 Å². The van der Waals surface area contributed by atoms with E-state index in [1.165, 1.54) is 6.07 Å². The lowest BCUT2D eigenvalue weighted by Gasteiger charge is -2.35. The van der Waals surface area contributed by atoms with Crippen LogP contribution in [0.25, 0.3) is 0 Å². The molecule has 0 bridgehead atoms. The Hall–Kier alpha value is -1.16. The van der Waals surface area contributed by atoms with Crippen LogP contribution < -0.4 is 10.6 Å². The second-order valence-electron chi connectivity index (χ2n) is 5.07. The summed E-state index contributed by atoms with van der Waals surface area (Å²) < 4.78 is 13.8. The van der Waals surface area contributed by atoms with Crippen molar-refractivity contribution in [3.63, 3.8) is 0 Å². The second-order valence-corrected chi connectivity index (χ2v) is 5.51. The standard InChI is InChI=1S/C13H17FN2S/c1-13(2)7-4-8-16(13)10-6-3-5-9(14)11(10)12(15)17/h3,5-6H,4,7-8H2,1-2H3,(H2,15,17). The van der Waals surface area contributed by atoms with E-state index in [-0.39, 0.29) is 16.3 Å². The molecule has 2 N–H and O–H groups in total. The van der Waals surface area contributed by atoms with Crippen LogP contribution in [0.3, 0.4) is 0 Å². The largest absolute Gasteiger partial charge is 0.389 e. The first-order valence-electron chi connectivity index (χ1n) is 5.79. The highest BCUT2D eigenvalue weighted by molar-refractivity contribution is 7.80. The van der Waals surface area contributed by atoms with Crippen molar-refractivity contribution in [2.45, 2.75) is 32.2 Å². The minimum absolute atomic E-state index is 0.0350. The fraction of sp³-hybridized carbons (Fsp3) is 0.462. The number of hydrogen-bond donors (Lipinski definition) is 1. The molecule has 0 radical (unpaired) electrons. The Morgan fingerprint density at radius 3 is 2.71 bits per heavy atom. The summed E-state index contributed by atoms with van der Waals surface area (Å²) >= 11 is 4.96. The predicted molar refractivity (Wildman–Crippen MR) is 72.9 cm³/mol. The molecule has 2 rings (SSSR count). The summed E-state index contributed by atoms with van der Waals surface area (Å²) in [5.41, 5.74) is 6.86. The van der Waals surface area contributed by atoms with Crippen molar-refractivity contribution >= 4 is 22.9 Å². The monoisotopic (exact) mass is 252 g/mol. The quantitative estimate of drug-likeness (QED) is 0.821. The first-order valence-corrected chi connectivity index (χ1v) is 6.20. The summed E-state index contributed by atoms with van der Waals surface area (Å²) in [6.07, 6.45) is 2.21. The van der Waals surface area contributed by atoms with E-state index in [4.69, 9.17) is 18.0 Å². The van der Waals surface area contributed by atoms with Gasteiger partial charge in [-0.15, -0.1) is 0 Å². The lowest BCUT2D eigenvalue weighted by atomic mass is 10.0. The van der Waals surface area contributed by atoms with Gasteiger partial charge in [-0.05, 0) is 38.8 Å². The number of benzene rings is 1. The van der Waals surface area contributed by atoms with Crippen LogP contribution in [0.15, 0.2) is 18.2 Å². The Morgan fingerprint density at radius 1 is 1.47 bits per heavy atom. The van der Waals surface area contributed by atoms with Gasteiger partial charge in [-0.2, -0.15) is 0 Å². The van der Waals surface area contributed by atoms with Gasteiger partial charge in [-0.3, -0.25) is 0 Å². The Bertz CT molecular complexity index is 457. The Morgan fingerprint density at radius 2 is 2.18 bits per heavy atom. The molecule has 1 aliphatic rings. The number of halogens is 1. The molecule has 92 valence electrons. The zero-order valence-corrected chi connectivity index (χ0v) is 11.0. The van der Waals surface area contributed by atoms with E-state index in [0.29, 0.717) is 5.56 Å². The highest BCUT2D eigenvalue weighted by atomic mass is 32.1. The molecule has 0 spiro atoms. The van der Waals surface area contributed by atoms with Crippen LogP contribution in [-0.2, 0) is 0 Å². The first-order chi connectivity index (χ1) is 7.93. The number of hydrogen-bond acceptors (Lipinski definition) is 2. The van der Waals surface area contributed by atoms with E-state index < -0.39 is 0 Å². The lowest BCUT2D eigenvalue weighted by molar-refractivity contribution is 0.516. The van der Waals surface area contributed by atoms with Gasteiger partial charge in [0.15, 0.2) is 0 Å². The fourth-order valence-corrected chi connectivity index (χ4v) is 2.74. The van der Waals surface area contributed by atoms with Crippen molar-refractivity contribution in [1.29, 1.82) is 0 Å². The van der Waals surface area contributed by atoms with Gasteiger partial charge in [0.2, 0.25) is 0 Å². The molecule has 1 aromatic carbocycles. The smallest absolute Gasteiger partial charge is 0.135 e. The SMILES string of the molecule is CC1(C)CCCN1c1cccc(F)c1C(N)=S. The van der Waals surface area contributed by atoms with Crippen LogP contribution >= 0.6 is 12.2 Å². The maximum Gasteiger partial charge on any atom is 0.135 e. The fourth-order valence-electron chi connectivity index (χ4n) is 2.54. The van der Waals surface area contributed by atoms with Gasteiger partial charge in [0.25, 0.3) is 0 Å². The minimum Gasteiger partial charge on any atom is -0.389 e. The zero-order chi connectivity index (χ0) is 12.6. The molecule has 4 heteroatoms. The molecule has 0 aliphatic carbocycles. The van der Waals surface area contributed by atoms with E-state index in [2.05, 4.69) is 18.7 Å². The molecule has 1 aromatic rings. The highest BCUT2D eigenvalue weighted by Gasteiger charge is 2.33. The molecule has 1 aliphatic heterocycles. The van der Waals surface area contributed by atoms with Gasteiger partial charge >= 0.3 is 0 Å². The molecule has 0 atom stereocenters. The van der Waals surface area contributed by atoms with Crippen molar-refractivity contribution in [2.24, 2.45) is 5.73 Å². The van der Waals surface area contributed by atoms with E-state index in [1.807, 2.05) is 6.07 Å². The molecular weight excluding hydrogens is 235 g/mol. The van der Waals surface area contributed by atoms with Gasteiger partial charge < -0.3 is 10.6 Å². The predicted octanol–water partition coefficient (Wildman–Crippen LogP) is 2.84. The summed E-state index contributed by atoms with van der Waals surface area (Å²) in [7, 11) is 0. The molecule has 1 saturated heterocycles. The third-order valence-corrected chi connectivity index (χ3v) is 3.63. The van der Waals surface area contributed by atoms with Crippen molar-refractivity contribution in [1.82, 2.24) is 0 Å². The van der Waals surface area contributed by atoms with Gasteiger partial charge in [0, 0.05) is 12.1 Å². The van der Waals surface area contributed by atoms with E-state index in [9.17, 15) is 4.39 Å². The molecule has 2 nitrogen and oxygen atoms in total. The first kappa shape index (κ1) is 12.3. The number of thiocarbonyl (C=S) groups is 1. The van der Waals surface area contributed by atoms with Crippen LogP contribution in [0.4, 0.5) is 10.1 Å². The molecule has 0 saturated carbocycles. The van der Waals surface area contributed by atoms with E-state index >= 15 is 0 Å². The summed E-state index contributed by atoms with van der Waals surface area (Å²) in [6.45, 7) is 5.24. The van der Waals surface area contributed by atoms with Gasteiger partial charge in [0.05, 0.1) is 11.3 Å². The third kappa shape index (κ3) is 2.14. The number of anilines is 1. The lowest BCUT2D eigenvalue weighted by Crippen LogP contribution is -2.39. The van der Waals surface area contributed by atoms with E-state index in [0.717, 1.165) is 25.1 Å². The summed E-state index contributed by atoms with van der Waals surface area (Å²) in [6, 6.07) is 5.01. The van der Waals surface area contributed by atoms with Crippen molar-refractivity contribution in [3.8, 4) is 0 Å². The van der Waals surface area contributed by atoms with Gasteiger partial charge in [-0.1, -0.05) is 18.3 Å². The minimum atomic E-state index is -0.335. The average molecular weight is 252 g/mol. The van der Waals surface area contributed by atoms with Crippen LogP contribution in [-0.4, -0.2) is 17.1 Å². The summed E-state index contributed by atoms with van der Waals surface area (Å²) in [4.78, 5) is 2.32. The van der Waals surface area contributed by atoms with Crippen LogP contribution in [0.5, 0.6) is 0 Å². The average Bonchev–Trinajstić information content (AvgIpc) is 2.57. The molecule has 0 aromatic heterocycles. The molecule has 1 heterocycles. The summed E-state index contributed by atoms with van der Waals surface area (Å²) in [5.74, 6) is -0.335. The molecule has 17 heavy (non-hydrogen) atoms. The van der Waals surface area contributed by atoms with Crippen LogP contribution in [0.1, 0.15) is 32.3 Å². The molecule has 1 fully saturated rings.